The second-order valence-corrected chi connectivity index (χ2v) is 6.46. The van der Waals surface area contributed by atoms with Crippen molar-refractivity contribution in [2.75, 3.05) is 19.6 Å². The molecule has 1 amide bonds. The summed E-state index contributed by atoms with van der Waals surface area (Å²) in [5, 5.41) is 6.44. The van der Waals surface area contributed by atoms with E-state index < -0.39 is 0 Å². The van der Waals surface area contributed by atoms with E-state index in [1.807, 2.05) is 24.3 Å². The van der Waals surface area contributed by atoms with Crippen LogP contribution in [0, 0.1) is 5.41 Å². The molecule has 1 heterocycles. The van der Waals surface area contributed by atoms with Crippen LogP contribution in [0.3, 0.4) is 0 Å². The number of hydrogen-bond acceptors (Lipinski definition) is 2. The van der Waals surface area contributed by atoms with Gasteiger partial charge in [-0.3, -0.25) is 4.79 Å². The predicted octanol–water partition coefficient (Wildman–Crippen LogP) is 2.50. The van der Waals surface area contributed by atoms with Gasteiger partial charge in [-0.15, -0.1) is 0 Å². The van der Waals surface area contributed by atoms with E-state index in [4.69, 9.17) is 0 Å². The van der Waals surface area contributed by atoms with Gasteiger partial charge >= 0.3 is 0 Å². The fraction of sp³-hybridized carbons (Fsp3) is 0.533. The number of carbonyl (C=O) groups excluding carboxylic acids is 1. The maximum atomic E-state index is 12.0. The first-order valence-electron chi connectivity index (χ1n) is 6.80. The largest absolute Gasteiger partial charge is 0.355 e. The summed E-state index contributed by atoms with van der Waals surface area (Å²) in [5.41, 5.74) is 1.28. The number of rotatable bonds is 4. The zero-order chi connectivity index (χ0) is 13.7. The predicted molar refractivity (Wildman–Crippen MR) is 81.1 cm³/mol. The van der Waals surface area contributed by atoms with E-state index in [0.29, 0.717) is 6.42 Å². The van der Waals surface area contributed by atoms with Gasteiger partial charge in [0, 0.05) is 11.0 Å². The van der Waals surface area contributed by atoms with Crippen LogP contribution in [0.2, 0.25) is 0 Å². The highest BCUT2D eigenvalue weighted by atomic mass is 79.9. The van der Waals surface area contributed by atoms with Gasteiger partial charge in [-0.2, -0.15) is 0 Å². The minimum atomic E-state index is 0.103. The molecule has 2 rings (SSSR count). The molecule has 104 valence electrons. The summed E-state index contributed by atoms with van der Waals surface area (Å²) in [7, 11) is 0. The second kappa shape index (κ2) is 6.53. The lowest BCUT2D eigenvalue weighted by molar-refractivity contribution is -0.121. The summed E-state index contributed by atoms with van der Waals surface area (Å²) in [5.74, 6) is 0.103. The van der Waals surface area contributed by atoms with Gasteiger partial charge in [0.2, 0.25) is 5.91 Å². The van der Waals surface area contributed by atoms with Gasteiger partial charge in [-0.1, -0.05) is 41.1 Å². The quantitative estimate of drug-likeness (QED) is 0.893. The highest BCUT2D eigenvalue weighted by Gasteiger charge is 2.26. The standard InChI is InChI=1S/C15H21BrN2O/c1-15(6-8-17-9-7-15)11-18-14(19)10-12-4-2-3-5-13(12)16/h2-5,17H,6-11H2,1H3,(H,18,19). The molecule has 0 atom stereocenters. The zero-order valence-corrected chi connectivity index (χ0v) is 12.9. The van der Waals surface area contributed by atoms with Crippen LogP contribution in [0.15, 0.2) is 28.7 Å². The van der Waals surface area contributed by atoms with Crippen LogP contribution in [-0.4, -0.2) is 25.5 Å². The Hall–Kier alpha value is -0.870. The van der Waals surface area contributed by atoms with Crippen LogP contribution in [0.4, 0.5) is 0 Å². The van der Waals surface area contributed by atoms with Crippen molar-refractivity contribution in [3.8, 4) is 0 Å². The molecule has 4 heteroatoms. The van der Waals surface area contributed by atoms with Crippen LogP contribution in [0.1, 0.15) is 25.3 Å². The van der Waals surface area contributed by atoms with E-state index in [-0.39, 0.29) is 11.3 Å². The Bertz CT molecular complexity index is 442. The van der Waals surface area contributed by atoms with Crippen LogP contribution in [-0.2, 0) is 11.2 Å². The number of hydrogen-bond donors (Lipinski definition) is 2. The fourth-order valence-corrected chi connectivity index (χ4v) is 2.82. The molecule has 1 aliphatic heterocycles. The third kappa shape index (κ3) is 4.32. The minimum Gasteiger partial charge on any atom is -0.355 e. The number of carbonyl (C=O) groups is 1. The maximum absolute atomic E-state index is 12.0. The summed E-state index contributed by atoms with van der Waals surface area (Å²) < 4.78 is 0.998. The third-order valence-electron chi connectivity index (χ3n) is 3.83. The van der Waals surface area contributed by atoms with Gasteiger partial charge < -0.3 is 10.6 Å². The summed E-state index contributed by atoms with van der Waals surface area (Å²) in [6.45, 7) is 5.14. The summed E-state index contributed by atoms with van der Waals surface area (Å²) in [6.07, 6.45) is 2.69. The lowest BCUT2D eigenvalue weighted by atomic mass is 9.81. The SMILES string of the molecule is CC1(CNC(=O)Cc2ccccc2Br)CCNCC1. The Morgan fingerprint density at radius 3 is 2.74 bits per heavy atom. The number of benzene rings is 1. The second-order valence-electron chi connectivity index (χ2n) is 5.61. The molecule has 0 spiro atoms. The molecule has 0 radical (unpaired) electrons. The lowest BCUT2D eigenvalue weighted by Crippen LogP contribution is -2.43. The summed E-state index contributed by atoms with van der Waals surface area (Å²) in [6, 6.07) is 7.87. The summed E-state index contributed by atoms with van der Waals surface area (Å²) >= 11 is 3.47. The van der Waals surface area contributed by atoms with Crippen LogP contribution >= 0.6 is 15.9 Å². The van der Waals surface area contributed by atoms with Crippen molar-refractivity contribution in [2.45, 2.75) is 26.2 Å². The van der Waals surface area contributed by atoms with Crippen molar-refractivity contribution in [1.29, 1.82) is 0 Å². The molecule has 3 nitrogen and oxygen atoms in total. The molecular formula is C15H21BrN2O. The third-order valence-corrected chi connectivity index (χ3v) is 4.61. The molecule has 0 unspecified atom stereocenters. The average Bonchev–Trinajstić information content (AvgIpc) is 2.40. The Balaban J connectivity index is 1.83. The Morgan fingerprint density at radius 2 is 2.05 bits per heavy atom. The molecule has 0 saturated carbocycles. The number of piperidine rings is 1. The maximum Gasteiger partial charge on any atom is 0.224 e. The molecule has 0 aromatic heterocycles. The fourth-order valence-electron chi connectivity index (χ4n) is 2.40. The van der Waals surface area contributed by atoms with Crippen molar-refractivity contribution in [3.05, 3.63) is 34.3 Å². The highest BCUT2D eigenvalue weighted by molar-refractivity contribution is 9.10. The van der Waals surface area contributed by atoms with Gasteiger partial charge in [0.15, 0.2) is 0 Å². The van der Waals surface area contributed by atoms with Crippen LogP contribution < -0.4 is 10.6 Å². The smallest absolute Gasteiger partial charge is 0.224 e. The molecule has 2 N–H and O–H groups in total. The number of halogens is 1. The topological polar surface area (TPSA) is 41.1 Å². The first kappa shape index (κ1) is 14.5. The minimum absolute atomic E-state index is 0.103. The Morgan fingerprint density at radius 1 is 1.37 bits per heavy atom. The first-order valence-corrected chi connectivity index (χ1v) is 7.59. The molecule has 1 saturated heterocycles. The average molecular weight is 325 g/mol. The first-order chi connectivity index (χ1) is 9.09. The van der Waals surface area contributed by atoms with Crippen molar-refractivity contribution in [1.82, 2.24) is 10.6 Å². The van der Waals surface area contributed by atoms with E-state index in [1.54, 1.807) is 0 Å². The van der Waals surface area contributed by atoms with E-state index >= 15 is 0 Å². The summed E-state index contributed by atoms with van der Waals surface area (Å²) in [4.78, 5) is 12.0. The molecule has 1 aromatic rings. The van der Waals surface area contributed by atoms with Gasteiger partial charge in [-0.25, -0.2) is 0 Å². The Kier molecular flexibility index (Phi) is 4.99. The van der Waals surface area contributed by atoms with Crippen LogP contribution in [0.25, 0.3) is 0 Å². The molecule has 19 heavy (non-hydrogen) atoms. The number of amides is 1. The van der Waals surface area contributed by atoms with Crippen molar-refractivity contribution < 1.29 is 4.79 Å². The van der Waals surface area contributed by atoms with Crippen LogP contribution in [0.5, 0.6) is 0 Å². The molecule has 1 fully saturated rings. The molecule has 1 aromatic carbocycles. The lowest BCUT2D eigenvalue weighted by Gasteiger charge is -2.34. The normalized spacial score (nSPS) is 18.0. The van der Waals surface area contributed by atoms with Gasteiger partial charge in [0.25, 0.3) is 0 Å². The monoisotopic (exact) mass is 324 g/mol. The van der Waals surface area contributed by atoms with Crippen molar-refractivity contribution in [2.24, 2.45) is 5.41 Å². The van der Waals surface area contributed by atoms with E-state index in [0.717, 1.165) is 42.5 Å². The molecule has 0 bridgehead atoms. The van der Waals surface area contributed by atoms with E-state index in [2.05, 4.69) is 33.5 Å². The molecular weight excluding hydrogens is 304 g/mol. The van der Waals surface area contributed by atoms with Gasteiger partial charge in [-0.05, 0) is 43.0 Å². The van der Waals surface area contributed by atoms with Gasteiger partial charge in [0.05, 0.1) is 6.42 Å². The van der Waals surface area contributed by atoms with Crippen molar-refractivity contribution in [3.63, 3.8) is 0 Å². The van der Waals surface area contributed by atoms with E-state index in [1.165, 1.54) is 0 Å². The van der Waals surface area contributed by atoms with Crippen molar-refractivity contribution >= 4 is 21.8 Å². The zero-order valence-electron chi connectivity index (χ0n) is 11.3. The molecule has 1 aliphatic rings. The highest BCUT2D eigenvalue weighted by Crippen LogP contribution is 2.26. The number of nitrogens with one attached hydrogen (secondary N) is 2. The van der Waals surface area contributed by atoms with Gasteiger partial charge in [0.1, 0.15) is 0 Å². The van der Waals surface area contributed by atoms with E-state index in [9.17, 15) is 4.79 Å². The Labute approximate surface area is 123 Å². The molecule has 0 aliphatic carbocycles.